The van der Waals surface area contributed by atoms with E-state index in [0.29, 0.717) is 22.8 Å². The monoisotopic (exact) mass is 525 g/mol. The molecule has 0 radical (unpaired) electrons. The van der Waals surface area contributed by atoms with E-state index in [9.17, 15) is 5.26 Å². The van der Waals surface area contributed by atoms with Crippen LogP contribution in [-0.2, 0) is 0 Å². The summed E-state index contributed by atoms with van der Waals surface area (Å²) in [6.45, 7) is 0. The first kappa shape index (κ1) is 23.9. The molecule has 4 aromatic carbocycles. The van der Waals surface area contributed by atoms with Gasteiger partial charge in [-0.25, -0.2) is 19.9 Å². The summed E-state index contributed by atoms with van der Waals surface area (Å²) in [7, 11) is 0. The van der Waals surface area contributed by atoms with E-state index in [1.807, 2.05) is 42.5 Å². The minimum atomic E-state index is 0.382. The predicted octanol–water partition coefficient (Wildman–Crippen LogP) is 7.11. The average Bonchev–Trinajstić information content (AvgIpc) is 3.38. The Morgan fingerprint density at radius 1 is 0.512 bits per heavy atom. The molecule has 3 aromatic heterocycles. The van der Waals surface area contributed by atoms with Crippen molar-refractivity contribution in [2.24, 2.45) is 0 Å². The van der Waals surface area contributed by atoms with Crippen LogP contribution in [0.4, 0.5) is 0 Å². The maximum Gasteiger partial charge on any atom is 0.161 e. The van der Waals surface area contributed by atoms with Gasteiger partial charge in [0.1, 0.15) is 12.1 Å². The first-order valence-electron chi connectivity index (χ1n) is 12.9. The molecular formula is C34H19N7. The highest BCUT2D eigenvalue weighted by Gasteiger charge is 2.19. The molecule has 0 amide bonds. The summed E-state index contributed by atoms with van der Waals surface area (Å²) in [4.78, 5) is 17.8. The van der Waals surface area contributed by atoms with Gasteiger partial charge in [-0.3, -0.25) is 0 Å². The zero-order valence-corrected chi connectivity index (χ0v) is 21.6. The molecule has 7 rings (SSSR count). The summed E-state index contributed by atoms with van der Waals surface area (Å²) in [5, 5.41) is 20.7. The fourth-order valence-corrected chi connectivity index (χ4v) is 5.15. The fourth-order valence-electron chi connectivity index (χ4n) is 5.15. The maximum absolute atomic E-state index is 9.31. The van der Waals surface area contributed by atoms with Gasteiger partial charge in [-0.2, -0.15) is 10.5 Å². The number of para-hydroxylation sites is 1. The second-order valence-electron chi connectivity index (χ2n) is 9.50. The van der Waals surface area contributed by atoms with Crippen molar-refractivity contribution in [2.45, 2.75) is 0 Å². The summed E-state index contributed by atoms with van der Waals surface area (Å²) < 4.78 is 2.22. The van der Waals surface area contributed by atoms with E-state index < -0.39 is 0 Å². The van der Waals surface area contributed by atoms with Crippen molar-refractivity contribution in [3.63, 3.8) is 0 Å². The van der Waals surface area contributed by atoms with Crippen LogP contribution in [0, 0.1) is 22.7 Å². The van der Waals surface area contributed by atoms with Crippen molar-refractivity contribution in [2.75, 3.05) is 0 Å². The van der Waals surface area contributed by atoms with Crippen molar-refractivity contribution in [3.8, 4) is 51.7 Å². The van der Waals surface area contributed by atoms with Gasteiger partial charge in [0.2, 0.25) is 0 Å². The zero-order valence-electron chi connectivity index (χ0n) is 21.6. The van der Waals surface area contributed by atoms with Crippen LogP contribution in [0.3, 0.4) is 0 Å². The van der Waals surface area contributed by atoms with E-state index in [2.05, 4.69) is 85.2 Å². The first-order chi connectivity index (χ1) is 20.2. The minimum Gasteiger partial charge on any atom is -0.309 e. The Balaban J connectivity index is 1.49. The fraction of sp³-hybridized carbons (Fsp3) is 0. The van der Waals surface area contributed by atoms with E-state index in [1.54, 1.807) is 0 Å². The van der Waals surface area contributed by atoms with Crippen molar-refractivity contribution < 1.29 is 0 Å². The van der Waals surface area contributed by atoms with Crippen LogP contribution in [0.25, 0.3) is 61.4 Å². The lowest BCUT2D eigenvalue weighted by atomic mass is 10.0. The van der Waals surface area contributed by atoms with Gasteiger partial charge in [0.15, 0.2) is 11.6 Å². The summed E-state index contributed by atoms with van der Waals surface area (Å²) in [5.41, 5.74) is 7.56. The van der Waals surface area contributed by atoms with Crippen LogP contribution in [-0.4, -0.2) is 24.5 Å². The minimum absolute atomic E-state index is 0.382. The van der Waals surface area contributed by atoms with E-state index in [1.165, 1.54) is 24.8 Å². The molecule has 0 saturated heterocycles. The van der Waals surface area contributed by atoms with Gasteiger partial charge in [-0.1, -0.05) is 54.6 Å². The number of nitriles is 2. The summed E-state index contributed by atoms with van der Waals surface area (Å²) in [6.07, 6.45) is 6.06. The van der Waals surface area contributed by atoms with Gasteiger partial charge < -0.3 is 4.57 Å². The third-order valence-corrected chi connectivity index (χ3v) is 7.08. The summed E-state index contributed by atoms with van der Waals surface area (Å²) in [6, 6.07) is 35.3. The normalized spacial score (nSPS) is 10.9. The second kappa shape index (κ2) is 9.85. The molecule has 41 heavy (non-hydrogen) atoms. The third-order valence-electron chi connectivity index (χ3n) is 7.08. The molecular weight excluding hydrogens is 506 g/mol. The lowest BCUT2D eigenvalue weighted by Crippen LogP contribution is -2.01. The van der Waals surface area contributed by atoms with Gasteiger partial charge in [0, 0.05) is 46.7 Å². The Hall–Kier alpha value is -6.18. The molecule has 190 valence electrons. The van der Waals surface area contributed by atoms with Crippen LogP contribution in [0.15, 0.2) is 116 Å². The largest absolute Gasteiger partial charge is 0.309 e. The number of hydrogen-bond acceptors (Lipinski definition) is 6. The topological polar surface area (TPSA) is 104 Å². The van der Waals surface area contributed by atoms with Gasteiger partial charge in [0.25, 0.3) is 0 Å². The molecule has 0 N–H and O–H groups in total. The molecule has 0 aliphatic heterocycles. The van der Waals surface area contributed by atoms with Crippen molar-refractivity contribution in [3.05, 3.63) is 127 Å². The Bertz CT molecular complexity index is 2150. The van der Waals surface area contributed by atoms with Crippen molar-refractivity contribution in [1.29, 1.82) is 10.5 Å². The predicted molar refractivity (Wildman–Crippen MR) is 158 cm³/mol. The summed E-state index contributed by atoms with van der Waals surface area (Å²) >= 11 is 0. The Labute approximate surface area is 235 Å². The van der Waals surface area contributed by atoms with Crippen LogP contribution in [0.2, 0.25) is 0 Å². The molecule has 7 aromatic rings. The number of nitrogens with zero attached hydrogens (tertiary/aromatic N) is 7. The zero-order chi connectivity index (χ0) is 27.8. The molecule has 7 nitrogen and oxygen atoms in total. The lowest BCUT2D eigenvalue weighted by molar-refractivity contribution is 1.12. The Morgan fingerprint density at radius 3 is 1.83 bits per heavy atom. The number of hydrogen-bond donors (Lipinski definition) is 0. The standard InChI is InChI=1S/C34H19N7/c35-16-22-18-37-33(38-19-22)26-11-13-32(29(15-26)34-39-20-23(17-36)21-40-34)41-30-9-5-4-8-27(30)28-14-25(10-12-31(28)41)24-6-2-1-3-7-24/h1-15,18-21H. The number of aromatic nitrogens is 5. The van der Waals surface area contributed by atoms with Gasteiger partial charge >= 0.3 is 0 Å². The van der Waals surface area contributed by atoms with Crippen LogP contribution >= 0.6 is 0 Å². The molecule has 0 unspecified atom stereocenters. The molecule has 0 spiro atoms. The van der Waals surface area contributed by atoms with E-state index in [0.717, 1.165) is 49.7 Å². The molecule has 0 aliphatic rings. The number of fused-ring (bicyclic) bond motifs is 3. The Morgan fingerprint density at radius 2 is 1.12 bits per heavy atom. The molecule has 0 fully saturated rings. The van der Waals surface area contributed by atoms with E-state index in [-0.39, 0.29) is 0 Å². The number of rotatable bonds is 4. The molecule has 0 saturated carbocycles. The molecule has 3 heterocycles. The van der Waals surface area contributed by atoms with E-state index in [4.69, 9.17) is 5.26 Å². The van der Waals surface area contributed by atoms with Crippen LogP contribution < -0.4 is 0 Å². The van der Waals surface area contributed by atoms with Gasteiger partial charge in [-0.05, 0) is 47.5 Å². The Kier molecular flexibility index (Phi) is 5.74. The first-order valence-corrected chi connectivity index (χ1v) is 12.9. The van der Waals surface area contributed by atoms with Crippen LogP contribution in [0.1, 0.15) is 11.1 Å². The highest BCUT2D eigenvalue weighted by molar-refractivity contribution is 6.11. The molecule has 7 heteroatoms. The van der Waals surface area contributed by atoms with Gasteiger partial charge in [0.05, 0.1) is 27.8 Å². The lowest BCUT2D eigenvalue weighted by Gasteiger charge is -2.15. The quantitative estimate of drug-likeness (QED) is 0.243. The smallest absolute Gasteiger partial charge is 0.161 e. The maximum atomic E-state index is 9.31. The van der Waals surface area contributed by atoms with Gasteiger partial charge in [-0.15, -0.1) is 0 Å². The highest BCUT2D eigenvalue weighted by atomic mass is 15.0. The van der Waals surface area contributed by atoms with Crippen molar-refractivity contribution >= 4 is 21.8 Å². The molecule has 0 aliphatic carbocycles. The third kappa shape index (κ3) is 4.15. The SMILES string of the molecule is N#Cc1cnc(-c2ccc(-n3c4ccccc4c4cc(-c5ccccc5)ccc43)c(-c3ncc(C#N)cn3)c2)nc1. The van der Waals surface area contributed by atoms with E-state index >= 15 is 0 Å². The molecule has 0 bridgehead atoms. The summed E-state index contributed by atoms with van der Waals surface area (Å²) in [5.74, 6) is 0.960. The average molecular weight is 526 g/mol. The number of benzene rings is 4. The van der Waals surface area contributed by atoms with Crippen LogP contribution in [0.5, 0.6) is 0 Å². The highest BCUT2D eigenvalue weighted by Crippen LogP contribution is 2.38. The molecule has 0 atom stereocenters. The second-order valence-corrected chi connectivity index (χ2v) is 9.50. The van der Waals surface area contributed by atoms with Crippen molar-refractivity contribution in [1.82, 2.24) is 24.5 Å².